The summed E-state index contributed by atoms with van der Waals surface area (Å²) in [4.78, 5) is 28.0. The topological polar surface area (TPSA) is 76.1 Å². The molecule has 1 N–H and O–H groups in total. The summed E-state index contributed by atoms with van der Waals surface area (Å²) in [6.07, 6.45) is 0.902. The molecule has 1 aliphatic heterocycles. The zero-order valence-electron chi connectivity index (χ0n) is 20.8. The number of amides is 1. The van der Waals surface area contributed by atoms with Gasteiger partial charge in [-0.2, -0.15) is 0 Å². The van der Waals surface area contributed by atoms with Crippen molar-refractivity contribution < 1.29 is 24.2 Å². The Morgan fingerprint density at radius 1 is 0.944 bits per heavy atom. The van der Waals surface area contributed by atoms with Crippen LogP contribution in [0, 0.1) is 5.92 Å². The molecule has 0 aromatic heterocycles. The highest BCUT2D eigenvalue weighted by molar-refractivity contribution is 6.46. The van der Waals surface area contributed by atoms with E-state index in [4.69, 9.17) is 9.47 Å². The minimum absolute atomic E-state index is 0.0534. The summed E-state index contributed by atoms with van der Waals surface area (Å²) in [7, 11) is 1.55. The normalized spacial score (nSPS) is 17.0. The Kier molecular flexibility index (Phi) is 7.74. The maximum atomic E-state index is 13.3. The van der Waals surface area contributed by atoms with Crippen molar-refractivity contribution in [3.05, 3.63) is 101 Å². The Bertz CT molecular complexity index is 1250. The Morgan fingerprint density at radius 2 is 1.61 bits per heavy atom. The van der Waals surface area contributed by atoms with Crippen LogP contribution in [0.3, 0.4) is 0 Å². The molecule has 1 heterocycles. The van der Waals surface area contributed by atoms with Gasteiger partial charge in [0.1, 0.15) is 5.76 Å². The predicted molar refractivity (Wildman–Crippen MR) is 139 cm³/mol. The summed E-state index contributed by atoms with van der Waals surface area (Å²) in [5, 5.41) is 11.2. The quantitative estimate of drug-likeness (QED) is 0.238. The molecule has 4 rings (SSSR count). The van der Waals surface area contributed by atoms with Crippen LogP contribution in [-0.2, 0) is 16.1 Å². The lowest BCUT2D eigenvalue weighted by molar-refractivity contribution is -0.140. The van der Waals surface area contributed by atoms with Gasteiger partial charge >= 0.3 is 0 Å². The van der Waals surface area contributed by atoms with E-state index in [0.29, 0.717) is 35.2 Å². The zero-order valence-corrected chi connectivity index (χ0v) is 20.8. The minimum atomic E-state index is -0.788. The van der Waals surface area contributed by atoms with Crippen molar-refractivity contribution in [2.75, 3.05) is 13.7 Å². The summed E-state index contributed by atoms with van der Waals surface area (Å²) >= 11 is 0. The van der Waals surface area contributed by atoms with Gasteiger partial charge in [0.05, 0.1) is 25.3 Å². The molecule has 0 saturated carbocycles. The number of benzene rings is 3. The van der Waals surface area contributed by atoms with Crippen LogP contribution in [0.15, 0.2) is 84.4 Å². The lowest BCUT2D eigenvalue weighted by Gasteiger charge is -2.26. The van der Waals surface area contributed by atoms with E-state index in [9.17, 15) is 14.7 Å². The lowest BCUT2D eigenvalue weighted by Crippen LogP contribution is -2.29. The first-order valence-corrected chi connectivity index (χ1v) is 12.1. The molecule has 186 valence electrons. The van der Waals surface area contributed by atoms with Crippen LogP contribution in [0.4, 0.5) is 0 Å². The van der Waals surface area contributed by atoms with E-state index in [2.05, 4.69) is 13.8 Å². The number of aliphatic hydroxyl groups excluding tert-OH is 1. The van der Waals surface area contributed by atoms with Gasteiger partial charge in [0, 0.05) is 12.1 Å². The number of carbonyl (C=O) groups is 2. The Labute approximate surface area is 211 Å². The van der Waals surface area contributed by atoms with Crippen LogP contribution in [-0.4, -0.2) is 35.4 Å². The molecule has 3 aromatic rings. The van der Waals surface area contributed by atoms with Gasteiger partial charge in [0.15, 0.2) is 11.5 Å². The van der Waals surface area contributed by atoms with Crippen molar-refractivity contribution in [1.29, 1.82) is 0 Å². The number of carbonyl (C=O) groups excluding carboxylic acids is 2. The smallest absolute Gasteiger partial charge is 0.295 e. The van der Waals surface area contributed by atoms with Crippen LogP contribution in [0.2, 0.25) is 0 Å². The van der Waals surface area contributed by atoms with Crippen LogP contribution in [0.1, 0.15) is 43.0 Å². The van der Waals surface area contributed by atoms with Crippen molar-refractivity contribution in [1.82, 2.24) is 4.90 Å². The standard InChI is InChI=1S/C30H31NO5/c1-20(2)16-17-36-24-15-14-23(18-25(24)35-3)27-26(28(32)22-12-8-5-9-13-22)29(33)30(34)31(27)19-21-10-6-4-7-11-21/h4-15,18,20,27,32H,16-17,19H2,1-3H3/b28-26+. The number of nitrogens with zero attached hydrogens (tertiary/aromatic N) is 1. The molecule has 36 heavy (non-hydrogen) atoms. The summed E-state index contributed by atoms with van der Waals surface area (Å²) < 4.78 is 11.5. The molecule has 0 aliphatic carbocycles. The number of hydrogen-bond donors (Lipinski definition) is 1. The Balaban J connectivity index is 1.79. The fourth-order valence-electron chi connectivity index (χ4n) is 4.30. The molecule has 3 aromatic carbocycles. The zero-order chi connectivity index (χ0) is 25.7. The van der Waals surface area contributed by atoms with Gasteiger partial charge in [-0.15, -0.1) is 0 Å². The fraction of sp³-hybridized carbons (Fsp3) is 0.267. The number of hydrogen-bond acceptors (Lipinski definition) is 5. The molecule has 0 spiro atoms. The van der Waals surface area contributed by atoms with E-state index in [0.717, 1.165) is 12.0 Å². The SMILES string of the molecule is COc1cc(C2/C(=C(\O)c3ccccc3)C(=O)C(=O)N2Cc2ccccc2)ccc1OCCC(C)C. The number of Topliss-reactive ketones (excluding diaryl/α,β-unsaturated/α-hetero) is 1. The number of ether oxygens (including phenoxy) is 2. The monoisotopic (exact) mass is 485 g/mol. The molecule has 1 fully saturated rings. The van der Waals surface area contributed by atoms with Gasteiger partial charge in [-0.25, -0.2) is 0 Å². The highest BCUT2D eigenvalue weighted by Crippen LogP contribution is 2.42. The summed E-state index contributed by atoms with van der Waals surface area (Å²) in [5.74, 6) is 0.0223. The first-order valence-electron chi connectivity index (χ1n) is 12.1. The third-order valence-corrected chi connectivity index (χ3v) is 6.24. The van der Waals surface area contributed by atoms with Crippen LogP contribution in [0.25, 0.3) is 5.76 Å². The maximum Gasteiger partial charge on any atom is 0.295 e. The molecule has 1 unspecified atom stereocenters. The molecule has 1 aliphatic rings. The summed E-state index contributed by atoms with van der Waals surface area (Å²) in [6.45, 7) is 5.03. The molecule has 1 saturated heterocycles. The molecule has 6 nitrogen and oxygen atoms in total. The van der Waals surface area contributed by atoms with E-state index < -0.39 is 17.7 Å². The Hall–Kier alpha value is -4.06. The van der Waals surface area contributed by atoms with Crippen LogP contribution >= 0.6 is 0 Å². The van der Waals surface area contributed by atoms with Crippen molar-refractivity contribution in [3.8, 4) is 11.5 Å². The van der Waals surface area contributed by atoms with E-state index >= 15 is 0 Å². The molecule has 6 heteroatoms. The largest absolute Gasteiger partial charge is 0.507 e. The second-order valence-electron chi connectivity index (χ2n) is 9.22. The first kappa shape index (κ1) is 25.0. The highest BCUT2D eigenvalue weighted by atomic mass is 16.5. The van der Waals surface area contributed by atoms with Crippen LogP contribution in [0.5, 0.6) is 11.5 Å². The molecular formula is C30H31NO5. The molecule has 1 atom stereocenters. The second kappa shape index (κ2) is 11.1. The van der Waals surface area contributed by atoms with Gasteiger partial charge in [0.2, 0.25) is 0 Å². The van der Waals surface area contributed by atoms with Gasteiger partial charge < -0.3 is 19.5 Å². The second-order valence-corrected chi connectivity index (χ2v) is 9.22. The van der Waals surface area contributed by atoms with Crippen molar-refractivity contribution in [2.45, 2.75) is 32.9 Å². The van der Waals surface area contributed by atoms with E-state index in [-0.39, 0.29) is 17.9 Å². The van der Waals surface area contributed by atoms with Crippen LogP contribution < -0.4 is 9.47 Å². The lowest BCUT2D eigenvalue weighted by atomic mass is 9.95. The van der Waals surface area contributed by atoms with Gasteiger partial charge in [-0.1, -0.05) is 80.6 Å². The van der Waals surface area contributed by atoms with E-state index in [1.54, 1.807) is 43.5 Å². The maximum absolute atomic E-state index is 13.3. The highest BCUT2D eigenvalue weighted by Gasteiger charge is 2.46. The van der Waals surface area contributed by atoms with Gasteiger partial charge in [-0.3, -0.25) is 9.59 Å². The molecule has 0 bridgehead atoms. The third-order valence-electron chi connectivity index (χ3n) is 6.24. The average Bonchev–Trinajstić information content (AvgIpc) is 3.14. The van der Waals surface area contributed by atoms with Crippen molar-refractivity contribution >= 4 is 17.4 Å². The number of methoxy groups -OCH3 is 1. The number of rotatable bonds is 9. The number of ketones is 1. The number of aliphatic hydroxyl groups is 1. The van der Waals surface area contributed by atoms with E-state index in [1.165, 1.54) is 4.90 Å². The third kappa shape index (κ3) is 5.28. The molecule has 0 radical (unpaired) electrons. The van der Waals surface area contributed by atoms with E-state index in [1.807, 2.05) is 42.5 Å². The minimum Gasteiger partial charge on any atom is -0.507 e. The van der Waals surface area contributed by atoms with Gasteiger partial charge in [0.25, 0.3) is 11.7 Å². The predicted octanol–water partition coefficient (Wildman–Crippen LogP) is 5.74. The van der Waals surface area contributed by atoms with Crippen molar-refractivity contribution in [3.63, 3.8) is 0 Å². The molecule has 1 amide bonds. The first-order chi connectivity index (χ1) is 17.4. The molecular weight excluding hydrogens is 454 g/mol. The fourth-order valence-corrected chi connectivity index (χ4v) is 4.30. The van der Waals surface area contributed by atoms with Crippen molar-refractivity contribution in [2.24, 2.45) is 5.92 Å². The number of likely N-dealkylation sites (tertiary alicyclic amines) is 1. The summed E-state index contributed by atoms with van der Waals surface area (Å²) in [6, 6.07) is 22.9. The average molecular weight is 486 g/mol. The van der Waals surface area contributed by atoms with Gasteiger partial charge in [-0.05, 0) is 35.6 Å². The summed E-state index contributed by atoms with van der Waals surface area (Å²) in [5.41, 5.74) is 2.05. The Morgan fingerprint density at radius 3 is 2.25 bits per heavy atom.